The quantitative estimate of drug-likeness (QED) is 0.497. The molecule has 0 spiro atoms. The number of esters is 2. The van der Waals surface area contributed by atoms with Crippen LogP contribution in [0.25, 0.3) is 11.3 Å². The fraction of sp³-hybridized carbons (Fsp3) is 0.429. The van der Waals surface area contributed by atoms with Crippen LogP contribution in [0.2, 0.25) is 0 Å². The number of hydrogen-bond donors (Lipinski definition) is 1. The van der Waals surface area contributed by atoms with E-state index < -0.39 is 23.4 Å². The molecule has 1 heterocycles. The van der Waals surface area contributed by atoms with E-state index in [-0.39, 0.29) is 19.6 Å². The van der Waals surface area contributed by atoms with Crippen LogP contribution in [-0.2, 0) is 30.3 Å². The molecule has 2 aromatic rings. The maximum atomic E-state index is 12.7. The number of nitrogens with one attached hydrogen (secondary N) is 1. The first-order valence-corrected chi connectivity index (χ1v) is 10.4. The second-order valence-corrected chi connectivity index (χ2v) is 7.41. The Balaban J connectivity index is 2.29. The molecule has 7 nitrogen and oxygen atoms in total. The Morgan fingerprint density at radius 2 is 1.72 bits per heavy atom. The van der Waals surface area contributed by atoms with Gasteiger partial charge in [0.05, 0.1) is 23.9 Å². The zero-order chi connectivity index (χ0) is 21.4. The molecule has 1 N–H and O–H groups in total. The minimum Gasteiger partial charge on any atom is -0.464 e. The second-order valence-electron chi connectivity index (χ2n) is 6.47. The Labute approximate surface area is 174 Å². The van der Waals surface area contributed by atoms with Gasteiger partial charge < -0.3 is 14.8 Å². The molecule has 0 atom stereocenters. The number of hydrogen-bond acceptors (Lipinski definition) is 7. The summed E-state index contributed by atoms with van der Waals surface area (Å²) >= 11 is 1.43. The third-order valence-corrected chi connectivity index (χ3v) is 5.23. The number of ether oxygens (including phenoxy) is 2. The van der Waals surface area contributed by atoms with Gasteiger partial charge in [-0.2, -0.15) is 0 Å². The number of carbonyl (C=O) groups excluding carboxylic acids is 3. The van der Waals surface area contributed by atoms with Gasteiger partial charge >= 0.3 is 11.9 Å². The van der Waals surface area contributed by atoms with Gasteiger partial charge in [-0.25, -0.2) is 14.6 Å². The summed E-state index contributed by atoms with van der Waals surface area (Å²) in [6.07, 6.45) is 0.291. The lowest BCUT2D eigenvalue weighted by Gasteiger charge is -2.29. The maximum absolute atomic E-state index is 12.7. The third kappa shape index (κ3) is 5.41. The molecule has 156 valence electrons. The standard InChI is InChI=1S/C21H26N2O5S/c1-5-27-19(25)21(23-15(4)24,20(26)28-6-2)12-11-18-22-17(13-29-18)16-10-8-7-9-14(16)3/h7-10,13H,5-6,11-12H2,1-4H3,(H,23,24). The fourth-order valence-electron chi connectivity index (χ4n) is 2.97. The van der Waals surface area contributed by atoms with Crippen molar-refractivity contribution in [1.29, 1.82) is 0 Å². The molecule has 0 saturated heterocycles. The fourth-order valence-corrected chi connectivity index (χ4v) is 3.76. The molecule has 1 aromatic heterocycles. The van der Waals surface area contributed by atoms with E-state index in [4.69, 9.17) is 9.47 Å². The molecule has 0 bridgehead atoms. The van der Waals surface area contributed by atoms with E-state index in [9.17, 15) is 14.4 Å². The molecule has 2 rings (SSSR count). The van der Waals surface area contributed by atoms with Crippen molar-refractivity contribution in [3.63, 3.8) is 0 Å². The van der Waals surface area contributed by atoms with E-state index in [0.717, 1.165) is 21.8 Å². The highest BCUT2D eigenvalue weighted by molar-refractivity contribution is 7.09. The Kier molecular flexibility index (Phi) is 7.90. The van der Waals surface area contributed by atoms with Crippen LogP contribution < -0.4 is 5.32 Å². The lowest BCUT2D eigenvalue weighted by molar-refractivity contribution is -0.168. The van der Waals surface area contributed by atoms with E-state index in [1.165, 1.54) is 18.3 Å². The molecule has 0 radical (unpaired) electrons. The van der Waals surface area contributed by atoms with E-state index >= 15 is 0 Å². The number of thiazole rings is 1. The summed E-state index contributed by atoms with van der Waals surface area (Å²) in [5.41, 5.74) is 1.07. The lowest BCUT2D eigenvalue weighted by Crippen LogP contribution is -2.61. The summed E-state index contributed by atoms with van der Waals surface area (Å²) in [6.45, 7) is 6.68. The van der Waals surface area contributed by atoms with Gasteiger partial charge in [0.25, 0.3) is 0 Å². The number of aryl methyl sites for hydroxylation is 2. The summed E-state index contributed by atoms with van der Waals surface area (Å²) < 4.78 is 10.2. The summed E-state index contributed by atoms with van der Waals surface area (Å²) in [6, 6.07) is 7.92. The third-order valence-electron chi connectivity index (χ3n) is 4.32. The first-order valence-electron chi connectivity index (χ1n) is 9.47. The molecule has 8 heteroatoms. The predicted molar refractivity (Wildman–Crippen MR) is 110 cm³/mol. The molecular weight excluding hydrogens is 392 g/mol. The van der Waals surface area contributed by atoms with Crippen molar-refractivity contribution >= 4 is 29.2 Å². The van der Waals surface area contributed by atoms with Gasteiger partial charge in [0.2, 0.25) is 11.4 Å². The van der Waals surface area contributed by atoms with Crippen molar-refractivity contribution < 1.29 is 23.9 Å². The molecule has 0 aliphatic carbocycles. The number of aromatic nitrogens is 1. The molecule has 0 aliphatic heterocycles. The van der Waals surface area contributed by atoms with Crippen molar-refractivity contribution in [2.45, 2.75) is 46.1 Å². The van der Waals surface area contributed by atoms with Gasteiger partial charge in [0, 0.05) is 24.3 Å². The summed E-state index contributed by atoms with van der Waals surface area (Å²) in [7, 11) is 0. The highest BCUT2D eigenvalue weighted by Crippen LogP contribution is 2.27. The van der Waals surface area contributed by atoms with Gasteiger partial charge in [-0.1, -0.05) is 24.3 Å². The average Bonchev–Trinajstić information content (AvgIpc) is 3.14. The van der Waals surface area contributed by atoms with Gasteiger partial charge in [-0.05, 0) is 32.8 Å². The average molecular weight is 419 g/mol. The number of benzene rings is 1. The predicted octanol–water partition coefficient (Wildman–Crippen LogP) is 3.05. The van der Waals surface area contributed by atoms with Gasteiger partial charge in [0.1, 0.15) is 0 Å². The Morgan fingerprint density at radius 3 is 2.28 bits per heavy atom. The monoisotopic (exact) mass is 418 g/mol. The normalized spacial score (nSPS) is 11.0. The van der Waals surface area contributed by atoms with E-state index in [2.05, 4.69) is 10.3 Å². The summed E-state index contributed by atoms with van der Waals surface area (Å²) in [5, 5.41) is 5.15. The molecule has 29 heavy (non-hydrogen) atoms. The number of rotatable bonds is 9. The van der Waals surface area contributed by atoms with Crippen LogP contribution in [0.3, 0.4) is 0 Å². The van der Waals surface area contributed by atoms with Crippen molar-refractivity contribution in [3.05, 3.63) is 40.2 Å². The van der Waals surface area contributed by atoms with Crippen LogP contribution in [-0.4, -0.2) is 41.6 Å². The smallest absolute Gasteiger partial charge is 0.343 e. The zero-order valence-electron chi connectivity index (χ0n) is 17.1. The Hall–Kier alpha value is -2.74. The maximum Gasteiger partial charge on any atom is 0.343 e. The van der Waals surface area contributed by atoms with E-state index in [0.29, 0.717) is 6.42 Å². The van der Waals surface area contributed by atoms with Crippen LogP contribution in [0.4, 0.5) is 0 Å². The van der Waals surface area contributed by atoms with E-state index in [1.54, 1.807) is 13.8 Å². The number of carbonyl (C=O) groups is 3. The topological polar surface area (TPSA) is 94.6 Å². The molecular formula is C21H26N2O5S. The molecule has 1 amide bonds. The largest absolute Gasteiger partial charge is 0.464 e. The highest BCUT2D eigenvalue weighted by atomic mass is 32.1. The molecule has 0 saturated carbocycles. The van der Waals surface area contributed by atoms with Crippen LogP contribution >= 0.6 is 11.3 Å². The molecule has 0 fully saturated rings. The highest BCUT2D eigenvalue weighted by Gasteiger charge is 2.49. The second kappa shape index (κ2) is 10.2. The SMILES string of the molecule is CCOC(=O)C(CCc1nc(-c2ccccc2C)cs1)(NC(C)=O)C(=O)OCC. The van der Waals surface area contributed by atoms with Gasteiger partial charge in [-0.3, -0.25) is 4.79 Å². The zero-order valence-corrected chi connectivity index (χ0v) is 17.9. The van der Waals surface area contributed by atoms with Gasteiger partial charge in [0.15, 0.2) is 0 Å². The van der Waals surface area contributed by atoms with E-state index in [1.807, 2.05) is 36.6 Å². The first kappa shape index (κ1) is 22.5. The summed E-state index contributed by atoms with van der Waals surface area (Å²) in [4.78, 5) is 41.7. The molecule has 0 aliphatic rings. The van der Waals surface area contributed by atoms with Crippen LogP contribution in [0.1, 0.15) is 37.8 Å². The first-order chi connectivity index (χ1) is 13.8. The Bertz CT molecular complexity index is 859. The minimum atomic E-state index is -1.90. The van der Waals surface area contributed by atoms with Crippen molar-refractivity contribution in [3.8, 4) is 11.3 Å². The Morgan fingerprint density at radius 1 is 1.10 bits per heavy atom. The molecule has 1 aromatic carbocycles. The van der Waals surface area contributed by atoms with Crippen LogP contribution in [0.15, 0.2) is 29.6 Å². The lowest BCUT2D eigenvalue weighted by atomic mass is 9.93. The van der Waals surface area contributed by atoms with Gasteiger partial charge in [-0.15, -0.1) is 11.3 Å². The minimum absolute atomic E-state index is 0.00896. The van der Waals surface area contributed by atoms with Crippen LogP contribution in [0, 0.1) is 6.92 Å². The molecule has 0 unspecified atom stereocenters. The van der Waals surface area contributed by atoms with Crippen molar-refractivity contribution in [2.75, 3.05) is 13.2 Å². The van der Waals surface area contributed by atoms with Crippen molar-refractivity contribution in [1.82, 2.24) is 10.3 Å². The van der Waals surface area contributed by atoms with Crippen LogP contribution in [0.5, 0.6) is 0 Å². The number of nitrogens with zero attached hydrogens (tertiary/aromatic N) is 1. The van der Waals surface area contributed by atoms with Crippen molar-refractivity contribution in [2.24, 2.45) is 0 Å². The number of amides is 1. The summed E-state index contributed by atoms with van der Waals surface area (Å²) in [5.74, 6) is -2.18.